The molecule has 0 unspecified atom stereocenters. The van der Waals surface area contributed by atoms with Gasteiger partial charge < -0.3 is 10.5 Å². The molecule has 21 heavy (non-hydrogen) atoms. The van der Waals surface area contributed by atoms with E-state index in [2.05, 4.69) is 44.2 Å². The molecule has 2 heteroatoms. The van der Waals surface area contributed by atoms with Gasteiger partial charge in [0.1, 0.15) is 5.75 Å². The minimum atomic E-state index is 0.197. The number of hydrogen-bond acceptors (Lipinski definition) is 2. The van der Waals surface area contributed by atoms with Gasteiger partial charge >= 0.3 is 0 Å². The van der Waals surface area contributed by atoms with Gasteiger partial charge in [-0.25, -0.2) is 0 Å². The van der Waals surface area contributed by atoms with Crippen LogP contribution < -0.4 is 10.5 Å². The fourth-order valence-corrected chi connectivity index (χ4v) is 2.28. The predicted molar refractivity (Wildman–Crippen MR) is 89.4 cm³/mol. The zero-order chi connectivity index (χ0) is 15.1. The Morgan fingerprint density at radius 2 is 1.62 bits per heavy atom. The van der Waals surface area contributed by atoms with Gasteiger partial charge in [0, 0.05) is 5.56 Å². The molecule has 0 aliphatic rings. The Morgan fingerprint density at radius 3 is 2.33 bits per heavy atom. The normalized spacial score (nSPS) is 11.4. The van der Waals surface area contributed by atoms with E-state index >= 15 is 0 Å². The van der Waals surface area contributed by atoms with Crippen LogP contribution in [0, 0.1) is 5.41 Å². The molecule has 0 aromatic heterocycles. The highest BCUT2D eigenvalue weighted by Gasteiger charge is 2.14. The van der Waals surface area contributed by atoms with Crippen molar-refractivity contribution in [2.75, 3.05) is 13.2 Å². The van der Waals surface area contributed by atoms with Gasteiger partial charge in [-0.05, 0) is 36.4 Å². The first-order chi connectivity index (χ1) is 10.1. The number of nitrogens with two attached hydrogens (primary N) is 1. The molecule has 0 heterocycles. The Bertz CT molecular complexity index is 549. The Balaban J connectivity index is 1.98. The van der Waals surface area contributed by atoms with Crippen molar-refractivity contribution in [1.29, 1.82) is 0 Å². The molecule has 0 spiro atoms. The van der Waals surface area contributed by atoms with Gasteiger partial charge in [-0.15, -0.1) is 0 Å². The summed E-state index contributed by atoms with van der Waals surface area (Å²) in [7, 11) is 0. The van der Waals surface area contributed by atoms with E-state index in [0.717, 1.165) is 30.8 Å². The maximum absolute atomic E-state index is 5.99. The summed E-state index contributed by atoms with van der Waals surface area (Å²) in [6, 6.07) is 18.6. The van der Waals surface area contributed by atoms with Crippen molar-refractivity contribution < 1.29 is 4.74 Å². The molecule has 0 aliphatic carbocycles. The lowest BCUT2D eigenvalue weighted by Gasteiger charge is -2.22. The van der Waals surface area contributed by atoms with Crippen LogP contribution in [0.3, 0.4) is 0 Å². The van der Waals surface area contributed by atoms with Crippen LogP contribution in [0.25, 0.3) is 11.1 Å². The van der Waals surface area contributed by atoms with Crippen LogP contribution in [-0.2, 0) is 0 Å². The molecule has 2 aromatic rings. The number of rotatable bonds is 7. The van der Waals surface area contributed by atoms with Crippen LogP contribution >= 0.6 is 0 Å². The first-order valence-corrected chi connectivity index (χ1v) is 7.60. The molecule has 0 saturated carbocycles. The average Bonchev–Trinajstić information content (AvgIpc) is 2.53. The highest BCUT2D eigenvalue weighted by atomic mass is 16.5. The Labute approximate surface area is 127 Å². The third-order valence-corrected chi connectivity index (χ3v) is 3.78. The maximum atomic E-state index is 5.99. The van der Waals surface area contributed by atoms with Gasteiger partial charge in [0.05, 0.1) is 6.61 Å². The van der Waals surface area contributed by atoms with Crippen molar-refractivity contribution >= 4 is 0 Å². The van der Waals surface area contributed by atoms with E-state index in [1.165, 1.54) is 5.56 Å². The Hall–Kier alpha value is -1.80. The largest absolute Gasteiger partial charge is 0.493 e. The van der Waals surface area contributed by atoms with Crippen molar-refractivity contribution in [2.24, 2.45) is 11.1 Å². The van der Waals surface area contributed by atoms with E-state index in [9.17, 15) is 0 Å². The van der Waals surface area contributed by atoms with E-state index in [1.807, 2.05) is 24.3 Å². The van der Waals surface area contributed by atoms with Crippen LogP contribution in [0.5, 0.6) is 5.75 Å². The molecule has 0 fully saturated rings. The van der Waals surface area contributed by atoms with Gasteiger partial charge in [0.15, 0.2) is 0 Å². The van der Waals surface area contributed by atoms with Gasteiger partial charge in [-0.3, -0.25) is 0 Å². The van der Waals surface area contributed by atoms with Crippen molar-refractivity contribution in [3.63, 3.8) is 0 Å². The summed E-state index contributed by atoms with van der Waals surface area (Å²) >= 11 is 0. The van der Waals surface area contributed by atoms with Crippen LogP contribution in [-0.4, -0.2) is 13.2 Å². The van der Waals surface area contributed by atoms with Gasteiger partial charge in [-0.2, -0.15) is 0 Å². The molecular formula is C19H25NO. The number of benzene rings is 2. The zero-order valence-electron chi connectivity index (χ0n) is 13.0. The molecule has 112 valence electrons. The minimum absolute atomic E-state index is 0.197. The van der Waals surface area contributed by atoms with E-state index in [0.29, 0.717) is 6.54 Å². The molecule has 2 N–H and O–H groups in total. The monoisotopic (exact) mass is 283 g/mol. The van der Waals surface area contributed by atoms with Crippen LogP contribution in [0.2, 0.25) is 0 Å². The van der Waals surface area contributed by atoms with Crippen molar-refractivity contribution in [1.82, 2.24) is 0 Å². The minimum Gasteiger partial charge on any atom is -0.493 e. The molecule has 0 saturated heterocycles. The molecule has 2 rings (SSSR count). The number of para-hydroxylation sites is 1. The molecule has 0 amide bonds. The Kier molecular flexibility index (Phi) is 5.40. The summed E-state index contributed by atoms with van der Waals surface area (Å²) in [6.07, 6.45) is 2.10. The lowest BCUT2D eigenvalue weighted by atomic mass is 9.88. The lowest BCUT2D eigenvalue weighted by Crippen LogP contribution is -2.23. The zero-order valence-corrected chi connectivity index (χ0v) is 13.0. The summed E-state index contributed by atoms with van der Waals surface area (Å²) in [5.74, 6) is 0.953. The number of hydrogen-bond donors (Lipinski definition) is 1. The molecule has 2 aromatic carbocycles. The first-order valence-electron chi connectivity index (χ1n) is 7.60. The maximum Gasteiger partial charge on any atom is 0.127 e. The Morgan fingerprint density at radius 1 is 0.952 bits per heavy atom. The van der Waals surface area contributed by atoms with Crippen molar-refractivity contribution in [2.45, 2.75) is 26.7 Å². The molecule has 0 radical (unpaired) electrons. The summed E-state index contributed by atoms with van der Waals surface area (Å²) in [6.45, 7) is 5.84. The summed E-state index contributed by atoms with van der Waals surface area (Å²) in [5.41, 5.74) is 8.30. The number of ether oxygens (including phenoxy) is 1. The highest BCUT2D eigenvalue weighted by Crippen LogP contribution is 2.30. The lowest BCUT2D eigenvalue weighted by molar-refractivity contribution is 0.261. The summed E-state index contributed by atoms with van der Waals surface area (Å²) in [5, 5.41) is 0. The van der Waals surface area contributed by atoms with Crippen molar-refractivity contribution in [3.8, 4) is 16.9 Å². The molecule has 0 aliphatic heterocycles. The smallest absolute Gasteiger partial charge is 0.127 e. The van der Waals surface area contributed by atoms with E-state index in [1.54, 1.807) is 0 Å². The van der Waals surface area contributed by atoms with Crippen molar-refractivity contribution in [3.05, 3.63) is 54.6 Å². The predicted octanol–water partition coefficient (Wildman–Crippen LogP) is 4.50. The summed E-state index contributed by atoms with van der Waals surface area (Å²) < 4.78 is 5.99. The van der Waals surface area contributed by atoms with E-state index < -0.39 is 0 Å². The van der Waals surface area contributed by atoms with Gasteiger partial charge in [0.25, 0.3) is 0 Å². The van der Waals surface area contributed by atoms with E-state index in [4.69, 9.17) is 10.5 Å². The fraction of sp³-hybridized carbons (Fsp3) is 0.368. The van der Waals surface area contributed by atoms with Gasteiger partial charge in [0.2, 0.25) is 0 Å². The molecule has 0 atom stereocenters. The average molecular weight is 283 g/mol. The second-order valence-corrected chi connectivity index (χ2v) is 6.18. The van der Waals surface area contributed by atoms with Crippen LogP contribution in [0.15, 0.2) is 54.6 Å². The highest BCUT2D eigenvalue weighted by molar-refractivity contribution is 5.70. The second kappa shape index (κ2) is 7.28. The van der Waals surface area contributed by atoms with Crippen LogP contribution in [0.1, 0.15) is 26.7 Å². The third kappa shape index (κ3) is 4.61. The quantitative estimate of drug-likeness (QED) is 0.759. The topological polar surface area (TPSA) is 35.2 Å². The standard InChI is InChI=1S/C19H25NO/c1-19(2,15-20)13-8-14-21-18-12-7-6-11-17(18)16-9-4-3-5-10-16/h3-7,9-12H,8,13-15,20H2,1-2H3. The summed E-state index contributed by atoms with van der Waals surface area (Å²) in [4.78, 5) is 0. The fourth-order valence-electron chi connectivity index (χ4n) is 2.28. The van der Waals surface area contributed by atoms with Gasteiger partial charge in [-0.1, -0.05) is 62.4 Å². The van der Waals surface area contributed by atoms with E-state index in [-0.39, 0.29) is 5.41 Å². The molecule has 0 bridgehead atoms. The molecular weight excluding hydrogens is 258 g/mol. The SMILES string of the molecule is CC(C)(CN)CCCOc1ccccc1-c1ccccc1. The molecule has 2 nitrogen and oxygen atoms in total. The third-order valence-electron chi connectivity index (χ3n) is 3.78. The first kappa shape index (κ1) is 15.6. The van der Waals surface area contributed by atoms with Crippen LogP contribution in [0.4, 0.5) is 0 Å². The second-order valence-electron chi connectivity index (χ2n) is 6.18.